The van der Waals surface area contributed by atoms with Gasteiger partial charge in [0.1, 0.15) is 5.54 Å². The number of hydrogen-bond acceptors (Lipinski definition) is 4. The van der Waals surface area contributed by atoms with Crippen molar-refractivity contribution in [2.45, 2.75) is 45.6 Å². The number of nitrogens with one attached hydrogen (secondary N) is 1. The van der Waals surface area contributed by atoms with Gasteiger partial charge in [-0.3, -0.25) is 14.5 Å². The van der Waals surface area contributed by atoms with Crippen LogP contribution >= 0.6 is 0 Å². The van der Waals surface area contributed by atoms with Gasteiger partial charge in [0.2, 0.25) is 0 Å². The van der Waals surface area contributed by atoms with Crippen LogP contribution < -0.4 is 5.32 Å². The van der Waals surface area contributed by atoms with Gasteiger partial charge >= 0.3 is 12.0 Å². The highest BCUT2D eigenvalue weighted by Gasteiger charge is 2.48. The van der Waals surface area contributed by atoms with Gasteiger partial charge in [0.15, 0.2) is 5.69 Å². The molecule has 2 unspecified atom stereocenters. The summed E-state index contributed by atoms with van der Waals surface area (Å²) < 4.78 is 5.18. The fraction of sp³-hybridized carbons (Fsp3) is 0.500. The molecule has 0 saturated carbocycles. The summed E-state index contributed by atoms with van der Waals surface area (Å²) in [7, 11) is 0. The Morgan fingerprint density at radius 2 is 2.00 bits per heavy atom. The summed E-state index contributed by atoms with van der Waals surface area (Å²) in [5.74, 6) is -1.07. The molecule has 1 saturated heterocycles. The SMILES string of the molecule is [C-]#[N+]c1ccc(C2(C)NC(=O)N(CCC(C)C(=O)OCCCC)C2=O)cc1. The Morgan fingerprint density at radius 3 is 2.59 bits per heavy atom. The van der Waals surface area contributed by atoms with Gasteiger partial charge in [-0.05, 0) is 25.3 Å². The van der Waals surface area contributed by atoms with Gasteiger partial charge < -0.3 is 10.1 Å². The first kappa shape index (κ1) is 20.4. The lowest BCUT2D eigenvalue weighted by Crippen LogP contribution is -2.41. The molecule has 1 aliphatic heterocycles. The first-order chi connectivity index (χ1) is 12.8. The number of rotatable bonds is 8. The van der Waals surface area contributed by atoms with Crippen LogP contribution in [0.4, 0.5) is 10.5 Å². The predicted octanol–water partition coefficient (Wildman–Crippen LogP) is 3.37. The molecular weight excluding hydrogens is 346 g/mol. The van der Waals surface area contributed by atoms with E-state index < -0.39 is 17.5 Å². The average molecular weight is 371 g/mol. The smallest absolute Gasteiger partial charge is 0.325 e. The minimum absolute atomic E-state index is 0.143. The fourth-order valence-corrected chi connectivity index (χ4v) is 2.86. The van der Waals surface area contributed by atoms with Crippen molar-refractivity contribution in [3.63, 3.8) is 0 Å². The summed E-state index contributed by atoms with van der Waals surface area (Å²) in [6.45, 7) is 12.9. The molecule has 1 heterocycles. The van der Waals surface area contributed by atoms with E-state index >= 15 is 0 Å². The number of benzene rings is 1. The molecule has 0 aliphatic carbocycles. The first-order valence-corrected chi connectivity index (χ1v) is 9.12. The second-order valence-electron chi connectivity index (χ2n) is 6.88. The van der Waals surface area contributed by atoms with E-state index in [1.165, 1.54) is 0 Å². The fourth-order valence-electron chi connectivity index (χ4n) is 2.86. The van der Waals surface area contributed by atoms with Crippen LogP contribution in [0.25, 0.3) is 4.85 Å². The van der Waals surface area contributed by atoms with Gasteiger partial charge in [-0.15, -0.1) is 0 Å². The van der Waals surface area contributed by atoms with E-state index in [2.05, 4.69) is 10.2 Å². The molecule has 0 bridgehead atoms. The number of unbranched alkanes of at least 4 members (excludes halogenated alkanes) is 1. The maximum Gasteiger partial charge on any atom is 0.325 e. The molecule has 27 heavy (non-hydrogen) atoms. The lowest BCUT2D eigenvalue weighted by Gasteiger charge is -2.22. The Morgan fingerprint density at radius 1 is 1.33 bits per heavy atom. The Kier molecular flexibility index (Phi) is 6.56. The number of carbonyl (C=O) groups excluding carboxylic acids is 3. The molecule has 1 aliphatic rings. The number of esters is 1. The van der Waals surface area contributed by atoms with Gasteiger partial charge in [-0.1, -0.05) is 44.5 Å². The molecule has 0 spiro atoms. The maximum absolute atomic E-state index is 12.9. The molecule has 144 valence electrons. The molecule has 1 fully saturated rings. The van der Waals surface area contributed by atoms with Gasteiger partial charge in [-0.25, -0.2) is 9.64 Å². The standard InChI is InChI=1S/C20H25N3O4/c1-5-6-13-27-17(24)14(2)11-12-23-18(25)20(3,22-19(23)26)15-7-9-16(21-4)10-8-15/h7-10,14H,5-6,11-13H2,1-3H3,(H,22,26). The summed E-state index contributed by atoms with van der Waals surface area (Å²) in [5.41, 5.74) is -0.100. The second kappa shape index (κ2) is 8.67. The second-order valence-corrected chi connectivity index (χ2v) is 6.88. The van der Waals surface area contributed by atoms with Crippen LogP contribution in [0.5, 0.6) is 0 Å². The largest absolute Gasteiger partial charge is 0.465 e. The molecule has 1 aromatic rings. The Balaban J connectivity index is 2.00. The van der Waals surface area contributed by atoms with Crippen molar-refractivity contribution in [1.29, 1.82) is 0 Å². The molecule has 0 aromatic heterocycles. The molecule has 7 heteroatoms. The monoisotopic (exact) mass is 371 g/mol. The zero-order valence-corrected chi connectivity index (χ0v) is 15.9. The number of carbonyl (C=O) groups is 3. The quantitative estimate of drug-likeness (QED) is 0.329. The van der Waals surface area contributed by atoms with Crippen LogP contribution in [0.1, 0.15) is 45.6 Å². The zero-order valence-electron chi connectivity index (χ0n) is 15.9. The highest BCUT2D eigenvalue weighted by Crippen LogP contribution is 2.30. The normalized spacial score (nSPS) is 20.1. The number of hydrogen-bond donors (Lipinski definition) is 1. The van der Waals surface area contributed by atoms with E-state index in [1.54, 1.807) is 38.1 Å². The van der Waals surface area contributed by atoms with Crippen molar-refractivity contribution >= 4 is 23.6 Å². The Hall–Kier alpha value is -2.88. The summed E-state index contributed by atoms with van der Waals surface area (Å²) in [4.78, 5) is 41.6. The number of urea groups is 1. The Labute approximate surface area is 159 Å². The minimum atomic E-state index is -1.18. The molecule has 7 nitrogen and oxygen atoms in total. The van der Waals surface area contributed by atoms with E-state index in [9.17, 15) is 14.4 Å². The Bertz CT molecular complexity index is 753. The third kappa shape index (κ3) is 4.45. The molecular formula is C20H25N3O4. The van der Waals surface area contributed by atoms with Crippen LogP contribution in [0, 0.1) is 12.5 Å². The lowest BCUT2D eigenvalue weighted by atomic mass is 9.92. The van der Waals surface area contributed by atoms with Gasteiger partial charge in [-0.2, -0.15) is 0 Å². The number of ether oxygens (including phenoxy) is 1. The average Bonchev–Trinajstić information content (AvgIpc) is 2.89. The van der Waals surface area contributed by atoms with Gasteiger partial charge in [0, 0.05) is 6.54 Å². The van der Waals surface area contributed by atoms with Crippen molar-refractivity contribution in [3.05, 3.63) is 41.2 Å². The van der Waals surface area contributed by atoms with Crippen molar-refractivity contribution in [2.75, 3.05) is 13.2 Å². The van der Waals surface area contributed by atoms with Crippen molar-refractivity contribution in [2.24, 2.45) is 5.92 Å². The van der Waals surface area contributed by atoms with E-state index in [4.69, 9.17) is 11.3 Å². The lowest BCUT2D eigenvalue weighted by molar-refractivity contribution is -0.148. The first-order valence-electron chi connectivity index (χ1n) is 9.12. The summed E-state index contributed by atoms with van der Waals surface area (Å²) in [6.07, 6.45) is 2.10. The highest BCUT2D eigenvalue weighted by molar-refractivity contribution is 6.07. The summed E-state index contributed by atoms with van der Waals surface area (Å²) in [6, 6.07) is 6.09. The topological polar surface area (TPSA) is 80.1 Å². The number of amides is 3. The van der Waals surface area contributed by atoms with Crippen LogP contribution in [0.3, 0.4) is 0 Å². The number of nitrogens with zero attached hydrogens (tertiary/aromatic N) is 2. The van der Waals surface area contributed by atoms with Crippen molar-refractivity contribution < 1.29 is 19.1 Å². The van der Waals surface area contributed by atoms with Crippen LogP contribution in [0.2, 0.25) is 0 Å². The molecule has 2 atom stereocenters. The molecule has 2 rings (SSSR count). The van der Waals surface area contributed by atoms with E-state index in [-0.39, 0.29) is 18.4 Å². The van der Waals surface area contributed by atoms with E-state index in [1.807, 2.05) is 6.92 Å². The molecule has 1 aromatic carbocycles. The summed E-state index contributed by atoms with van der Waals surface area (Å²) in [5, 5.41) is 2.72. The van der Waals surface area contributed by atoms with Crippen molar-refractivity contribution in [1.82, 2.24) is 10.2 Å². The van der Waals surface area contributed by atoms with Gasteiger partial charge in [0.25, 0.3) is 5.91 Å². The van der Waals surface area contributed by atoms with Crippen LogP contribution in [-0.2, 0) is 19.9 Å². The van der Waals surface area contributed by atoms with Gasteiger partial charge in [0.05, 0.1) is 19.1 Å². The van der Waals surface area contributed by atoms with Crippen molar-refractivity contribution in [3.8, 4) is 0 Å². The molecule has 1 N–H and O–H groups in total. The van der Waals surface area contributed by atoms with E-state index in [0.717, 1.165) is 17.7 Å². The molecule has 3 amide bonds. The van der Waals surface area contributed by atoms with Crippen LogP contribution in [0.15, 0.2) is 24.3 Å². The summed E-state index contributed by atoms with van der Waals surface area (Å²) >= 11 is 0. The van der Waals surface area contributed by atoms with E-state index in [0.29, 0.717) is 24.3 Å². The minimum Gasteiger partial charge on any atom is -0.465 e. The zero-order chi connectivity index (χ0) is 20.0. The predicted molar refractivity (Wildman–Crippen MR) is 99.9 cm³/mol. The highest BCUT2D eigenvalue weighted by atomic mass is 16.5. The third-order valence-corrected chi connectivity index (χ3v) is 4.78. The maximum atomic E-state index is 12.9. The molecule has 0 radical (unpaired) electrons. The number of imide groups is 1. The van der Waals surface area contributed by atoms with Crippen LogP contribution in [-0.4, -0.2) is 36.0 Å². The third-order valence-electron chi connectivity index (χ3n) is 4.78.